The summed E-state index contributed by atoms with van der Waals surface area (Å²) in [5, 5.41) is 4.12. The Morgan fingerprint density at radius 2 is 1.86 bits per heavy atom. The Kier molecular flexibility index (Phi) is 6.61. The summed E-state index contributed by atoms with van der Waals surface area (Å²) in [6.07, 6.45) is 3.95. The number of nitrogen functional groups attached to an aromatic ring is 1. The molecule has 1 saturated heterocycles. The maximum Gasteiger partial charge on any atom is 0.165 e. The van der Waals surface area contributed by atoms with Crippen molar-refractivity contribution in [2.75, 3.05) is 25.4 Å². The van der Waals surface area contributed by atoms with Gasteiger partial charge in [0.15, 0.2) is 5.65 Å². The van der Waals surface area contributed by atoms with Gasteiger partial charge in [-0.2, -0.15) is 0 Å². The van der Waals surface area contributed by atoms with E-state index in [2.05, 4.69) is 61.5 Å². The Bertz CT molecular complexity index is 1550. The Labute approximate surface area is 223 Å². The maximum atomic E-state index is 6.45. The lowest BCUT2D eigenvalue weighted by Crippen LogP contribution is -2.33. The Morgan fingerprint density at radius 1 is 0.973 bits per heavy atom. The third-order valence-corrected chi connectivity index (χ3v) is 7.06. The first kappa shape index (κ1) is 23.7. The van der Waals surface area contributed by atoms with Gasteiger partial charge in [0.25, 0.3) is 0 Å². The van der Waals surface area contributed by atoms with Crippen LogP contribution in [0.25, 0.3) is 33.4 Å². The van der Waals surface area contributed by atoms with Crippen LogP contribution in [-0.4, -0.2) is 39.6 Å². The Morgan fingerprint density at radius 3 is 2.62 bits per heavy atom. The number of nitrogens with one attached hydrogen (secondary N) is 1. The molecule has 2 aromatic carbocycles. The molecule has 0 bridgehead atoms. The summed E-state index contributed by atoms with van der Waals surface area (Å²) in [5.41, 5.74) is 13.9. The van der Waals surface area contributed by atoms with Crippen LogP contribution in [0.5, 0.6) is 0 Å². The number of hydrogen-bond acceptors (Lipinski definition) is 7. The minimum Gasteiger partial charge on any atom is -0.383 e. The normalized spacial score (nSPS) is 15.6. The number of anilines is 1. The van der Waals surface area contributed by atoms with Gasteiger partial charge in [0.05, 0.1) is 23.4 Å². The summed E-state index contributed by atoms with van der Waals surface area (Å²) in [7, 11) is 0. The number of morpholine rings is 1. The van der Waals surface area contributed by atoms with E-state index in [1.807, 2.05) is 42.6 Å². The number of hydrogen-bond donors (Lipinski definition) is 2. The molecule has 6 rings (SSSR count). The van der Waals surface area contributed by atoms with Crippen molar-refractivity contribution >= 4 is 32.8 Å². The molecule has 0 spiro atoms. The van der Waals surface area contributed by atoms with Crippen LogP contribution in [0.15, 0.2) is 83.7 Å². The number of halogens is 1. The van der Waals surface area contributed by atoms with Crippen molar-refractivity contribution in [2.24, 2.45) is 0 Å². The third-order valence-electron chi connectivity index (χ3n) is 6.57. The second-order valence-corrected chi connectivity index (χ2v) is 9.90. The molecule has 4 heterocycles. The second-order valence-electron chi connectivity index (χ2n) is 8.98. The number of ether oxygens (including phenoxy) is 1. The van der Waals surface area contributed by atoms with Crippen LogP contribution >= 0.6 is 15.9 Å². The van der Waals surface area contributed by atoms with E-state index in [0.717, 1.165) is 56.6 Å². The van der Waals surface area contributed by atoms with E-state index in [1.54, 1.807) is 0 Å². The molecule has 1 unspecified atom stereocenters. The van der Waals surface area contributed by atoms with Gasteiger partial charge >= 0.3 is 0 Å². The average Bonchev–Trinajstić information content (AvgIpc) is 2.94. The van der Waals surface area contributed by atoms with Crippen LogP contribution in [-0.2, 0) is 11.2 Å². The quantitative estimate of drug-likeness (QED) is 0.303. The molecule has 0 radical (unpaired) electrons. The fourth-order valence-corrected chi connectivity index (χ4v) is 5.22. The minimum atomic E-state index is -0.0547. The van der Waals surface area contributed by atoms with Crippen LogP contribution in [0.1, 0.15) is 22.9 Å². The fourth-order valence-electron chi connectivity index (χ4n) is 4.82. The van der Waals surface area contributed by atoms with E-state index in [-0.39, 0.29) is 6.10 Å². The van der Waals surface area contributed by atoms with Crippen molar-refractivity contribution in [1.82, 2.24) is 25.3 Å². The number of nitrogens with zero attached hydrogens (tertiary/aromatic N) is 4. The van der Waals surface area contributed by atoms with Crippen LogP contribution < -0.4 is 11.1 Å². The van der Waals surface area contributed by atoms with E-state index < -0.39 is 0 Å². The first-order valence-electron chi connectivity index (χ1n) is 12.2. The lowest BCUT2D eigenvalue weighted by atomic mass is 9.89. The predicted octanol–water partition coefficient (Wildman–Crippen LogP) is 5.35. The van der Waals surface area contributed by atoms with Gasteiger partial charge in [0.1, 0.15) is 18.2 Å². The molecule has 3 aromatic heterocycles. The molecule has 8 heteroatoms. The number of benzene rings is 2. The number of aromatic nitrogens is 4. The highest BCUT2D eigenvalue weighted by Crippen LogP contribution is 2.40. The zero-order chi connectivity index (χ0) is 25.2. The third kappa shape index (κ3) is 4.83. The molecule has 1 aliphatic rings. The lowest BCUT2D eigenvalue weighted by molar-refractivity contribution is 0.0250. The van der Waals surface area contributed by atoms with E-state index in [4.69, 9.17) is 20.4 Å². The fraction of sp³-hybridized carbons (Fsp3) is 0.172. The first-order chi connectivity index (χ1) is 18.2. The van der Waals surface area contributed by atoms with Gasteiger partial charge in [-0.05, 0) is 41.0 Å². The first-order valence-corrected chi connectivity index (χ1v) is 13.0. The van der Waals surface area contributed by atoms with Crippen molar-refractivity contribution in [3.05, 3.63) is 101 Å². The van der Waals surface area contributed by atoms with Gasteiger partial charge in [-0.1, -0.05) is 58.4 Å². The molecule has 5 aromatic rings. The van der Waals surface area contributed by atoms with Gasteiger partial charge in [-0.3, -0.25) is 4.98 Å². The summed E-state index contributed by atoms with van der Waals surface area (Å²) in [6.45, 7) is 2.30. The van der Waals surface area contributed by atoms with E-state index >= 15 is 0 Å². The molecule has 1 atom stereocenters. The summed E-state index contributed by atoms with van der Waals surface area (Å²) >= 11 is 3.64. The summed E-state index contributed by atoms with van der Waals surface area (Å²) < 4.78 is 6.87. The highest BCUT2D eigenvalue weighted by atomic mass is 79.9. The molecule has 184 valence electrons. The minimum absolute atomic E-state index is 0.0547. The van der Waals surface area contributed by atoms with Crippen molar-refractivity contribution in [2.45, 2.75) is 12.5 Å². The standard InChI is InChI=1S/C29H25BrN6O/c30-21-8-4-7-19(14-21)25-22(13-18-5-2-1-3-6-18)27(36-29-26(25)28(31)34-17-35-29)20-9-10-23(33-15-20)24-16-32-11-12-37-24/h1-10,14-15,17,24,32H,11-13,16H2,(H2,31,34,35,36). The highest BCUT2D eigenvalue weighted by molar-refractivity contribution is 9.10. The van der Waals surface area contributed by atoms with Crippen molar-refractivity contribution in [3.8, 4) is 22.4 Å². The van der Waals surface area contributed by atoms with Gasteiger partial charge in [0.2, 0.25) is 0 Å². The van der Waals surface area contributed by atoms with E-state index in [9.17, 15) is 0 Å². The average molecular weight is 553 g/mol. The van der Waals surface area contributed by atoms with Crippen LogP contribution in [0.4, 0.5) is 5.82 Å². The zero-order valence-corrected chi connectivity index (χ0v) is 21.6. The predicted molar refractivity (Wildman–Crippen MR) is 149 cm³/mol. The summed E-state index contributed by atoms with van der Waals surface area (Å²) in [6, 6.07) is 22.7. The van der Waals surface area contributed by atoms with Gasteiger partial charge in [-0.15, -0.1) is 0 Å². The molecule has 7 nitrogen and oxygen atoms in total. The molecule has 0 amide bonds. The van der Waals surface area contributed by atoms with Crippen molar-refractivity contribution in [1.29, 1.82) is 0 Å². The molecule has 37 heavy (non-hydrogen) atoms. The highest BCUT2D eigenvalue weighted by Gasteiger charge is 2.22. The van der Waals surface area contributed by atoms with Crippen molar-refractivity contribution in [3.63, 3.8) is 0 Å². The molecule has 1 aliphatic heterocycles. The van der Waals surface area contributed by atoms with Gasteiger partial charge < -0.3 is 15.8 Å². The number of pyridine rings is 2. The summed E-state index contributed by atoms with van der Waals surface area (Å²) in [5.74, 6) is 0.406. The Balaban J connectivity index is 1.59. The molecular weight excluding hydrogens is 528 g/mol. The molecular formula is C29H25BrN6O. The molecule has 3 N–H and O–H groups in total. The smallest absolute Gasteiger partial charge is 0.165 e. The SMILES string of the molecule is Nc1ncnc2nc(-c3ccc(C4CNCCO4)nc3)c(Cc3ccccc3)c(-c3cccc(Br)c3)c12. The number of rotatable bonds is 5. The van der Waals surface area contributed by atoms with Crippen LogP contribution in [0.2, 0.25) is 0 Å². The van der Waals surface area contributed by atoms with Crippen molar-refractivity contribution < 1.29 is 4.74 Å². The van der Waals surface area contributed by atoms with E-state index in [0.29, 0.717) is 24.5 Å². The number of nitrogens with two attached hydrogens (primary N) is 1. The topological polar surface area (TPSA) is 98.8 Å². The zero-order valence-electron chi connectivity index (χ0n) is 20.1. The molecule has 1 fully saturated rings. The monoisotopic (exact) mass is 552 g/mol. The van der Waals surface area contributed by atoms with Crippen LogP contribution in [0, 0.1) is 0 Å². The van der Waals surface area contributed by atoms with Gasteiger partial charge in [-0.25, -0.2) is 15.0 Å². The van der Waals surface area contributed by atoms with E-state index in [1.165, 1.54) is 11.9 Å². The lowest BCUT2D eigenvalue weighted by Gasteiger charge is -2.23. The van der Waals surface area contributed by atoms with Gasteiger partial charge in [0, 0.05) is 41.3 Å². The second kappa shape index (κ2) is 10.3. The van der Waals surface area contributed by atoms with Crippen LogP contribution in [0.3, 0.4) is 0 Å². The number of fused-ring (bicyclic) bond motifs is 1. The summed E-state index contributed by atoms with van der Waals surface area (Å²) in [4.78, 5) is 18.6. The largest absolute Gasteiger partial charge is 0.383 e. The molecule has 0 saturated carbocycles. The molecule has 0 aliphatic carbocycles. The Hall–Kier alpha value is -3.72. The maximum absolute atomic E-state index is 6.45.